The molecule has 0 amide bonds. The Balaban J connectivity index is 1.78. The second kappa shape index (κ2) is 5.14. The molecule has 0 aromatic carbocycles. The maximum atomic E-state index is 12.6. The summed E-state index contributed by atoms with van der Waals surface area (Å²) < 4.78 is 37.9. The van der Waals surface area contributed by atoms with Crippen LogP contribution in [0.4, 0.5) is 18.3 Å². The normalized spacial score (nSPS) is 29.7. The van der Waals surface area contributed by atoms with Crippen LogP contribution in [0.1, 0.15) is 37.6 Å². The van der Waals surface area contributed by atoms with Crippen LogP contribution in [0.15, 0.2) is 0 Å². The fourth-order valence-corrected chi connectivity index (χ4v) is 4.12. The van der Waals surface area contributed by atoms with Crippen molar-refractivity contribution in [3.05, 3.63) is 5.01 Å². The molecule has 0 saturated carbocycles. The van der Waals surface area contributed by atoms with Crippen LogP contribution < -0.4 is 10.2 Å². The number of rotatable bonds is 3. The number of hydrogen-bond donors (Lipinski definition) is 1. The van der Waals surface area contributed by atoms with E-state index in [1.54, 1.807) is 0 Å². The molecular weight excluding hydrogens is 289 g/mol. The fourth-order valence-electron chi connectivity index (χ4n) is 3.28. The lowest BCUT2D eigenvalue weighted by Crippen LogP contribution is -2.48. The van der Waals surface area contributed by atoms with Gasteiger partial charge in [-0.1, -0.05) is 11.3 Å². The number of fused-ring (bicyclic) bond motifs is 2. The molecule has 2 bridgehead atoms. The molecular formula is C12H17F3N4S. The van der Waals surface area contributed by atoms with Crippen LogP contribution >= 0.6 is 11.3 Å². The minimum atomic E-state index is -4.40. The minimum absolute atomic E-state index is 0.271. The Kier molecular flexibility index (Phi) is 3.62. The maximum absolute atomic E-state index is 12.6. The summed E-state index contributed by atoms with van der Waals surface area (Å²) in [5.74, 6) is 0. The number of piperidine rings is 1. The average Bonchev–Trinajstić information content (AvgIpc) is 2.97. The van der Waals surface area contributed by atoms with E-state index < -0.39 is 11.2 Å². The van der Waals surface area contributed by atoms with E-state index in [2.05, 4.69) is 15.5 Å². The maximum Gasteiger partial charge on any atom is 0.445 e. The third-order valence-corrected chi connectivity index (χ3v) is 5.14. The van der Waals surface area contributed by atoms with Crippen molar-refractivity contribution in [3.63, 3.8) is 0 Å². The number of anilines is 1. The molecule has 112 valence electrons. The standard InChI is InChI=1S/C12H17F3N4S/c1-2-19(9-5-7-3-4-8(6-9)16-7)11-18-17-10(20-11)12(13,14)15/h7-9,16H,2-6H2,1H3. The average molecular weight is 306 g/mol. The van der Waals surface area contributed by atoms with Crippen LogP contribution in [0.2, 0.25) is 0 Å². The van der Waals surface area contributed by atoms with Gasteiger partial charge >= 0.3 is 6.18 Å². The van der Waals surface area contributed by atoms with Gasteiger partial charge in [-0.05, 0) is 32.6 Å². The first kappa shape index (κ1) is 14.1. The Morgan fingerprint density at radius 2 is 1.90 bits per heavy atom. The lowest BCUT2D eigenvalue weighted by atomic mass is 9.98. The zero-order chi connectivity index (χ0) is 14.3. The van der Waals surface area contributed by atoms with E-state index in [0.29, 0.717) is 35.1 Å². The first-order valence-electron chi connectivity index (χ1n) is 6.90. The van der Waals surface area contributed by atoms with Crippen molar-refractivity contribution < 1.29 is 13.2 Å². The monoisotopic (exact) mass is 306 g/mol. The largest absolute Gasteiger partial charge is 0.445 e. The van der Waals surface area contributed by atoms with Gasteiger partial charge in [0.25, 0.3) is 0 Å². The smallest absolute Gasteiger partial charge is 0.344 e. The molecule has 3 rings (SSSR count). The van der Waals surface area contributed by atoms with Crippen molar-refractivity contribution in [2.45, 2.75) is 56.9 Å². The molecule has 0 radical (unpaired) electrons. The summed E-state index contributed by atoms with van der Waals surface area (Å²) in [4.78, 5) is 1.99. The Morgan fingerprint density at radius 3 is 2.40 bits per heavy atom. The number of halogens is 3. The lowest BCUT2D eigenvalue weighted by molar-refractivity contribution is -0.138. The molecule has 20 heavy (non-hydrogen) atoms. The molecule has 2 unspecified atom stereocenters. The summed E-state index contributed by atoms with van der Waals surface area (Å²) in [5.41, 5.74) is 0. The molecule has 3 heterocycles. The van der Waals surface area contributed by atoms with E-state index in [4.69, 9.17) is 0 Å². The van der Waals surface area contributed by atoms with Gasteiger partial charge in [0.05, 0.1) is 0 Å². The second-order valence-electron chi connectivity index (χ2n) is 5.44. The van der Waals surface area contributed by atoms with Crippen LogP contribution in [-0.2, 0) is 6.18 Å². The number of nitrogens with zero attached hydrogens (tertiary/aromatic N) is 3. The SMILES string of the molecule is CCN(c1nnc(C(F)(F)F)s1)C1CC2CCC(C1)N2. The molecule has 2 aliphatic heterocycles. The minimum Gasteiger partial charge on any atom is -0.344 e. The van der Waals surface area contributed by atoms with Gasteiger partial charge in [0, 0.05) is 24.7 Å². The van der Waals surface area contributed by atoms with Gasteiger partial charge in [-0.15, -0.1) is 10.2 Å². The topological polar surface area (TPSA) is 41.1 Å². The van der Waals surface area contributed by atoms with Crippen molar-refractivity contribution in [1.82, 2.24) is 15.5 Å². The van der Waals surface area contributed by atoms with Crippen molar-refractivity contribution >= 4 is 16.5 Å². The quantitative estimate of drug-likeness (QED) is 0.932. The van der Waals surface area contributed by atoms with Gasteiger partial charge < -0.3 is 10.2 Å². The van der Waals surface area contributed by atoms with Gasteiger partial charge in [-0.3, -0.25) is 0 Å². The third kappa shape index (κ3) is 2.63. The lowest BCUT2D eigenvalue weighted by Gasteiger charge is -2.36. The predicted molar refractivity (Wildman–Crippen MR) is 70.9 cm³/mol. The Hall–Kier alpha value is -0.890. The highest BCUT2D eigenvalue weighted by Gasteiger charge is 2.39. The van der Waals surface area contributed by atoms with Crippen molar-refractivity contribution in [2.24, 2.45) is 0 Å². The summed E-state index contributed by atoms with van der Waals surface area (Å²) in [5, 5.41) is 10.1. The second-order valence-corrected chi connectivity index (χ2v) is 6.39. The van der Waals surface area contributed by atoms with Crippen LogP contribution in [0.5, 0.6) is 0 Å². The van der Waals surface area contributed by atoms with Gasteiger partial charge in [0.1, 0.15) is 0 Å². The van der Waals surface area contributed by atoms with Crippen molar-refractivity contribution in [2.75, 3.05) is 11.4 Å². The Bertz CT molecular complexity index is 464. The molecule has 1 aromatic heterocycles. The van der Waals surface area contributed by atoms with Gasteiger partial charge in [0.2, 0.25) is 10.1 Å². The van der Waals surface area contributed by atoms with E-state index in [1.807, 2.05) is 11.8 Å². The van der Waals surface area contributed by atoms with Crippen LogP contribution in [0, 0.1) is 0 Å². The van der Waals surface area contributed by atoms with E-state index in [0.717, 1.165) is 12.8 Å². The van der Waals surface area contributed by atoms with E-state index in [9.17, 15) is 13.2 Å². The number of hydrogen-bond acceptors (Lipinski definition) is 5. The Labute approximate surface area is 119 Å². The molecule has 8 heteroatoms. The van der Waals surface area contributed by atoms with Crippen LogP contribution in [0.25, 0.3) is 0 Å². The van der Waals surface area contributed by atoms with E-state index >= 15 is 0 Å². The zero-order valence-electron chi connectivity index (χ0n) is 11.2. The third-order valence-electron chi connectivity index (χ3n) is 4.13. The molecule has 0 spiro atoms. The molecule has 1 N–H and O–H groups in total. The van der Waals surface area contributed by atoms with Crippen molar-refractivity contribution in [3.8, 4) is 0 Å². The summed E-state index contributed by atoms with van der Waals surface area (Å²) in [6.45, 7) is 2.62. The van der Waals surface area contributed by atoms with E-state index in [-0.39, 0.29) is 6.04 Å². The van der Waals surface area contributed by atoms with Crippen molar-refractivity contribution in [1.29, 1.82) is 0 Å². The molecule has 2 aliphatic rings. The summed E-state index contributed by atoms with van der Waals surface area (Å²) in [6, 6.07) is 1.28. The highest BCUT2D eigenvalue weighted by molar-refractivity contribution is 7.15. The van der Waals surface area contributed by atoms with Gasteiger partial charge in [0.15, 0.2) is 0 Å². The highest BCUT2D eigenvalue weighted by Crippen LogP contribution is 2.37. The van der Waals surface area contributed by atoms with E-state index in [1.165, 1.54) is 12.8 Å². The molecule has 1 aromatic rings. The van der Waals surface area contributed by atoms with Gasteiger partial charge in [-0.2, -0.15) is 13.2 Å². The number of aromatic nitrogens is 2. The molecule has 2 atom stereocenters. The summed E-state index contributed by atoms with van der Waals surface area (Å²) >= 11 is 0.647. The molecule has 4 nitrogen and oxygen atoms in total. The predicted octanol–water partition coefficient (Wildman–Crippen LogP) is 2.67. The number of nitrogens with one attached hydrogen (secondary N) is 1. The molecule has 2 fully saturated rings. The van der Waals surface area contributed by atoms with Crippen LogP contribution in [-0.4, -0.2) is 34.9 Å². The Morgan fingerprint density at radius 1 is 1.25 bits per heavy atom. The number of alkyl halides is 3. The highest BCUT2D eigenvalue weighted by atomic mass is 32.1. The van der Waals surface area contributed by atoms with Gasteiger partial charge in [-0.25, -0.2) is 0 Å². The first-order valence-corrected chi connectivity index (χ1v) is 7.72. The first-order chi connectivity index (χ1) is 9.47. The zero-order valence-corrected chi connectivity index (χ0v) is 12.0. The van der Waals surface area contributed by atoms with Crippen LogP contribution in [0.3, 0.4) is 0 Å². The molecule has 2 saturated heterocycles. The fraction of sp³-hybridized carbons (Fsp3) is 0.833. The summed E-state index contributed by atoms with van der Waals surface area (Å²) in [6.07, 6.45) is -0.107. The molecule has 0 aliphatic carbocycles. The summed E-state index contributed by atoms with van der Waals surface area (Å²) in [7, 11) is 0.